The zero-order valence-corrected chi connectivity index (χ0v) is 14.2. The number of rotatable bonds is 4. The maximum atomic E-state index is 10.9. The first-order valence-electron chi connectivity index (χ1n) is 7.94. The predicted octanol–water partition coefficient (Wildman–Crippen LogP) is 4.42. The van der Waals surface area contributed by atoms with E-state index in [1.165, 1.54) is 6.42 Å². The monoisotopic (exact) mass is 305 g/mol. The third-order valence-corrected chi connectivity index (χ3v) is 4.57. The van der Waals surface area contributed by atoms with Crippen LogP contribution in [0, 0.1) is 0 Å². The number of benzene rings is 1. The Morgan fingerprint density at radius 3 is 2.09 bits per heavy atom. The van der Waals surface area contributed by atoms with Crippen LogP contribution < -0.4 is 0 Å². The molecule has 1 unspecified atom stereocenters. The minimum Gasteiger partial charge on any atom is -0.478 e. The zero-order valence-electron chi connectivity index (χ0n) is 14.2. The van der Waals surface area contributed by atoms with Gasteiger partial charge in [-0.05, 0) is 71.6 Å². The molecule has 4 nitrogen and oxygen atoms in total. The minimum atomic E-state index is -0.904. The van der Waals surface area contributed by atoms with Crippen molar-refractivity contribution in [2.75, 3.05) is 0 Å². The van der Waals surface area contributed by atoms with Crippen molar-refractivity contribution in [3.63, 3.8) is 0 Å². The van der Waals surface area contributed by atoms with Crippen molar-refractivity contribution in [1.82, 2.24) is 5.06 Å². The molecule has 0 aromatic heterocycles. The molecule has 22 heavy (non-hydrogen) atoms. The smallest absolute Gasteiger partial charge is 0.335 e. The van der Waals surface area contributed by atoms with Crippen LogP contribution in [0.1, 0.15) is 75.9 Å². The highest BCUT2D eigenvalue weighted by atomic mass is 16.7. The number of carboxylic acid groups (broad SMARTS) is 1. The Balaban J connectivity index is 2.15. The fourth-order valence-electron chi connectivity index (χ4n) is 3.38. The lowest BCUT2D eigenvalue weighted by atomic mass is 9.82. The SMILES string of the molecule is CC(ON1C(C)(C)CCCC1(C)C)c1ccc(C(=O)O)cc1. The van der Waals surface area contributed by atoms with Gasteiger partial charge in [-0.25, -0.2) is 4.79 Å². The quantitative estimate of drug-likeness (QED) is 0.894. The van der Waals surface area contributed by atoms with Crippen LogP contribution in [0.2, 0.25) is 0 Å². The van der Waals surface area contributed by atoms with Crippen LogP contribution in [0.4, 0.5) is 0 Å². The van der Waals surface area contributed by atoms with Gasteiger partial charge in [-0.15, -0.1) is 0 Å². The van der Waals surface area contributed by atoms with Crippen LogP contribution in [-0.2, 0) is 4.84 Å². The molecule has 1 fully saturated rings. The molecule has 0 aliphatic carbocycles. The first-order chi connectivity index (χ1) is 10.1. The number of nitrogens with zero attached hydrogens (tertiary/aromatic N) is 1. The molecular weight excluding hydrogens is 278 g/mol. The normalized spacial score (nSPS) is 22.2. The van der Waals surface area contributed by atoms with E-state index in [0.29, 0.717) is 5.56 Å². The maximum Gasteiger partial charge on any atom is 0.335 e. The van der Waals surface area contributed by atoms with Gasteiger partial charge in [0.1, 0.15) is 6.10 Å². The molecule has 1 atom stereocenters. The van der Waals surface area contributed by atoms with Gasteiger partial charge in [-0.3, -0.25) is 4.84 Å². The standard InChI is InChI=1S/C18H27NO3/c1-13(14-7-9-15(10-8-14)16(20)21)22-19-17(2,3)11-6-12-18(19,4)5/h7-10,13H,6,11-12H2,1-5H3,(H,20,21). The lowest BCUT2D eigenvalue weighted by Crippen LogP contribution is -2.58. The molecule has 2 rings (SSSR count). The van der Waals surface area contributed by atoms with E-state index in [0.717, 1.165) is 18.4 Å². The van der Waals surface area contributed by atoms with Crippen molar-refractivity contribution in [2.45, 2.75) is 71.1 Å². The van der Waals surface area contributed by atoms with E-state index in [9.17, 15) is 4.79 Å². The number of hydrogen-bond donors (Lipinski definition) is 1. The molecule has 0 saturated carbocycles. The summed E-state index contributed by atoms with van der Waals surface area (Å²) in [6.45, 7) is 10.9. The summed E-state index contributed by atoms with van der Waals surface area (Å²) in [4.78, 5) is 17.2. The third kappa shape index (κ3) is 3.50. The van der Waals surface area contributed by atoms with Gasteiger partial charge in [0.15, 0.2) is 0 Å². The predicted molar refractivity (Wildman–Crippen MR) is 86.7 cm³/mol. The Morgan fingerprint density at radius 1 is 1.14 bits per heavy atom. The fraction of sp³-hybridized carbons (Fsp3) is 0.611. The molecule has 0 bridgehead atoms. The van der Waals surface area contributed by atoms with Crippen molar-refractivity contribution < 1.29 is 14.7 Å². The molecule has 0 amide bonds. The molecule has 1 N–H and O–H groups in total. The Kier molecular flexibility index (Phi) is 4.64. The first-order valence-corrected chi connectivity index (χ1v) is 7.94. The molecule has 0 radical (unpaired) electrons. The molecule has 0 spiro atoms. The minimum absolute atomic E-state index is 0.00296. The van der Waals surface area contributed by atoms with Gasteiger partial charge in [0.05, 0.1) is 5.56 Å². The molecule has 1 heterocycles. The summed E-state index contributed by atoms with van der Waals surface area (Å²) in [5.74, 6) is -0.904. The largest absolute Gasteiger partial charge is 0.478 e. The van der Waals surface area contributed by atoms with Gasteiger partial charge in [-0.2, -0.15) is 5.06 Å². The van der Waals surface area contributed by atoms with E-state index < -0.39 is 5.97 Å². The van der Waals surface area contributed by atoms with Crippen molar-refractivity contribution in [1.29, 1.82) is 0 Å². The average Bonchev–Trinajstić information content (AvgIpc) is 2.42. The molecule has 122 valence electrons. The van der Waals surface area contributed by atoms with Gasteiger partial charge in [0.25, 0.3) is 0 Å². The second-order valence-electron chi connectivity index (χ2n) is 7.45. The third-order valence-electron chi connectivity index (χ3n) is 4.57. The van der Waals surface area contributed by atoms with E-state index in [4.69, 9.17) is 9.94 Å². The molecule has 1 aliphatic heterocycles. The van der Waals surface area contributed by atoms with Gasteiger partial charge in [0, 0.05) is 11.1 Å². The summed E-state index contributed by atoms with van der Waals surface area (Å²) < 4.78 is 0. The number of carbonyl (C=O) groups is 1. The van der Waals surface area contributed by atoms with E-state index in [1.807, 2.05) is 19.1 Å². The molecule has 1 saturated heterocycles. The molecular formula is C18H27NO3. The molecule has 1 aliphatic rings. The maximum absolute atomic E-state index is 10.9. The second-order valence-corrected chi connectivity index (χ2v) is 7.45. The highest BCUT2D eigenvalue weighted by molar-refractivity contribution is 5.87. The number of hydrogen-bond acceptors (Lipinski definition) is 3. The lowest BCUT2D eigenvalue weighted by molar-refractivity contribution is -0.304. The van der Waals surface area contributed by atoms with Crippen molar-refractivity contribution in [3.05, 3.63) is 35.4 Å². The molecule has 1 aromatic carbocycles. The van der Waals surface area contributed by atoms with Crippen LogP contribution in [-0.4, -0.2) is 27.2 Å². The number of carboxylic acids is 1. The summed E-state index contributed by atoms with van der Waals surface area (Å²) in [5.41, 5.74) is 1.28. The summed E-state index contributed by atoms with van der Waals surface area (Å²) in [7, 11) is 0. The highest BCUT2D eigenvalue weighted by Crippen LogP contribution is 2.40. The molecule has 1 aromatic rings. The lowest BCUT2D eigenvalue weighted by Gasteiger charge is -2.52. The zero-order chi connectivity index (χ0) is 16.5. The van der Waals surface area contributed by atoms with Crippen LogP contribution in [0.5, 0.6) is 0 Å². The Morgan fingerprint density at radius 2 is 1.64 bits per heavy atom. The highest BCUT2D eigenvalue weighted by Gasteiger charge is 2.43. The number of hydroxylamine groups is 2. The van der Waals surface area contributed by atoms with Crippen LogP contribution in [0.25, 0.3) is 0 Å². The summed E-state index contributed by atoms with van der Waals surface area (Å²) in [5, 5.41) is 11.1. The van der Waals surface area contributed by atoms with E-state index in [1.54, 1.807) is 12.1 Å². The van der Waals surface area contributed by atoms with Gasteiger partial charge < -0.3 is 5.11 Å². The van der Waals surface area contributed by atoms with Gasteiger partial charge in [-0.1, -0.05) is 12.1 Å². The van der Waals surface area contributed by atoms with Crippen molar-refractivity contribution in [2.24, 2.45) is 0 Å². The first kappa shape index (κ1) is 17.0. The summed E-state index contributed by atoms with van der Waals surface area (Å²) >= 11 is 0. The molecule has 4 heteroatoms. The van der Waals surface area contributed by atoms with Crippen LogP contribution in [0.3, 0.4) is 0 Å². The fourth-order valence-corrected chi connectivity index (χ4v) is 3.38. The van der Waals surface area contributed by atoms with E-state index in [2.05, 4.69) is 32.8 Å². The topological polar surface area (TPSA) is 49.8 Å². The van der Waals surface area contributed by atoms with Crippen LogP contribution >= 0.6 is 0 Å². The van der Waals surface area contributed by atoms with Crippen molar-refractivity contribution in [3.8, 4) is 0 Å². The number of piperidine rings is 1. The Labute approximate surface area is 133 Å². The van der Waals surface area contributed by atoms with E-state index in [-0.39, 0.29) is 17.2 Å². The number of aromatic carboxylic acids is 1. The summed E-state index contributed by atoms with van der Waals surface area (Å²) in [6, 6.07) is 6.92. The average molecular weight is 305 g/mol. The second kappa shape index (κ2) is 6.01. The Bertz CT molecular complexity index is 518. The van der Waals surface area contributed by atoms with E-state index >= 15 is 0 Å². The van der Waals surface area contributed by atoms with Crippen molar-refractivity contribution >= 4 is 5.97 Å². The summed E-state index contributed by atoms with van der Waals surface area (Å²) in [6.07, 6.45) is 3.32. The van der Waals surface area contributed by atoms with Gasteiger partial charge in [0.2, 0.25) is 0 Å². The van der Waals surface area contributed by atoms with Crippen LogP contribution in [0.15, 0.2) is 24.3 Å². The van der Waals surface area contributed by atoms with Gasteiger partial charge >= 0.3 is 5.97 Å². The Hall–Kier alpha value is -1.39.